The lowest BCUT2D eigenvalue weighted by Gasteiger charge is -2.04. The first-order valence-electron chi connectivity index (χ1n) is 5.15. The predicted molar refractivity (Wildman–Crippen MR) is 62.9 cm³/mol. The molecule has 0 aliphatic carbocycles. The van der Waals surface area contributed by atoms with Crippen LogP contribution in [0.3, 0.4) is 0 Å². The van der Waals surface area contributed by atoms with Crippen molar-refractivity contribution in [2.24, 2.45) is 0 Å². The van der Waals surface area contributed by atoms with Gasteiger partial charge in [0.1, 0.15) is 18.8 Å². The van der Waals surface area contributed by atoms with E-state index >= 15 is 0 Å². The molecule has 1 aromatic carbocycles. The van der Waals surface area contributed by atoms with E-state index in [0.29, 0.717) is 13.2 Å². The summed E-state index contributed by atoms with van der Waals surface area (Å²) >= 11 is 0. The van der Waals surface area contributed by atoms with Crippen LogP contribution in [0.2, 0.25) is 0 Å². The molecule has 4 heteroatoms. The molecular formula is C13H14O4. The molecule has 0 bridgehead atoms. The molecule has 0 heterocycles. The van der Waals surface area contributed by atoms with E-state index in [1.54, 1.807) is 31.4 Å². The monoisotopic (exact) mass is 234 g/mol. The molecule has 0 aliphatic heterocycles. The van der Waals surface area contributed by atoms with E-state index in [1.165, 1.54) is 0 Å². The fraction of sp³-hybridized carbons (Fsp3) is 0.308. The Hall–Kier alpha value is -1.99. The standard InChI is InChI=1S/C13H14O4/c1-16-9-10-17-12-7-5-11(6-8-12)3-2-4-13(14)15/h5-8H,4,9-10H2,1H3,(H,14,15). The number of benzene rings is 1. The van der Waals surface area contributed by atoms with Crippen LogP contribution in [0.5, 0.6) is 5.75 Å². The molecule has 0 spiro atoms. The molecule has 90 valence electrons. The van der Waals surface area contributed by atoms with Gasteiger partial charge < -0.3 is 14.6 Å². The van der Waals surface area contributed by atoms with Crippen LogP contribution in [-0.2, 0) is 9.53 Å². The number of rotatable bonds is 5. The third-order valence-corrected chi connectivity index (χ3v) is 1.88. The Bertz CT molecular complexity index is 411. The van der Waals surface area contributed by atoms with Crippen molar-refractivity contribution in [3.63, 3.8) is 0 Å². The fourth-order valence-corrected chi connectivity index (χ4v) is 1.10. The molecule has 0 saturated heterocycles. The quantitative estimate of drug-likeness (QED) is 0.620. The number of hydrogen-bond acceptors (Lipinski definition) is 3. The molecule has 4 nitrogen and oxygen atoms in total. The van der Waals surface area contributed by atoms with Crippen molar-refractivity contribution in [2.75, 3.05) is 20.3 Å². The van der Waals surface area contributed by atoms with Crippen LogP contribution >= 0.6 is 0 Å². The summed E-state index contributed by atoms with van der Waals surface area (Å²) in [6.07, 6.45) is -0.147. The molecule has 0 atom stereocenters. The van der Waals surface area contributed by atoms with Crippen molar-refractivity contribution in [1.82, 2.24) is 0 Å². The Balaban J connectivity index is 2.48. The number of hydrogen-bond donors (Lipinski definition) is 1. The van der Waals surface area contributed by atoms with Crippen molar-refractivity contribution in [3.05, 3.63) is 29.8 Å². The van der Waals surface area contributed by atoms with Gasteiger partial charge in [-0.25, -0.2) is 0 Å². The van der Waals surface area contributed by atoms with Crippen LogP contribution < -0.4 is 4.74 Å². The summed E-state index contributed by atoms with van der Waals surface area (Å²) in [4.78, 5) is 10.3. The highest BCUT2D eigenvalue weighted by molar-refractivity contribution is 5.70. The summed E-state index contributed by atoms with van der Waals surface area (Å²) in [7, 11) is 1.62. The summed E-state index contributed by atoms with van der Waals surface area (Å²) < 4.78 is 10.2. The number of ether oxygens (including phenoxy) is 2. The highest BCUT2D eigenvalue weighted by Gasteiger charge is 1.94. The molecule has 0 amide bonds. The molecule has 0 aliphatic rings. The topological polar surface area (TPSA) is 55.8 Å². The zero-order chi connectivity index (χ0) is 12.5. The molecule has 0 radical (unpaired) electrons. The maximum Gasteiger partial charge on any atom is 0.315 e. The van der Waals surface area contributed by atoms with Gasteiger partial charge in [-0.2, -0.15) is 0 Å². The van der Waals surface area contributed by atoms with Gasteiger partial charge in [-0.1, -0.05) is 11.8 Å². The summed E-state index contributed by atoms with van der Waals surface area (Å²) in [6.45, 7) is 1.04. The third-order valence-electron chi connectivity index (χ3n) is 1.88. The van der Waals surface area contributed by atoms with Gasteiger partial charge in [0.25, 0.3) is 0 Å². The third kappa shape index (κ3) is 5.59. The van der Waals surface area contributed by atoms with Crippen LogP contribution in [0.1, 0.15) is 12.0 Å². The molecule has 1 aromatic rings. The van der Waals surface area contributed by atoms with E-state index < -0.39 is 5.97 Å². The number of methoxy groups -OCH3 is 1. The molecule has 0 fully saturated rings. The molecule has 1 N–H and O–H groups in total. The van der Waals surface area contributed by atoms with Gasteiger partial charge in [-0.3, -0.25) is 4.79 Å². The van der Waals surface area contributed by atoms with Crippen molar-refractivity contribution in [3.8, 4) is 17.6 Å². The lowest BCUT2D eigenvalue weighted by atomic mass is 10.2. The minimum atomic E-state index is -0.919. The minimum Gasteiger partial charge on any atom is -0.491 e. The Morgan fingerprint density at radius 1 is 1.29 bits per heavy atom. The zero-order valence-corrected chi connectivity index (χ0v) is 9.60. The Kier molecular flexibility index (Phi) is 5.62. The van der Waals surface area contributed by atoms with E-state index in [0.717, 1.165) is 11.3 Å². The first-order valence-corrected chi connectivity index (χ1v) is 5.15. The number of carboxylic acids is 1. The highest BCUT2D eigenvalue weighted by atomic mass is 16.5. The second kappa shape index (κ2) is 7.31. The summed E-state index contributed by atoms with van der Waals surface area (Å²) in [6, 6.07) is 7.16. The molecule has 0 aromatic heterocycles. The van der Waals surface area contributed by atoms with E-state index in [4.69, 9.17) is 14.6 Å². The van der Waals surface area contributed by atoms with Gasteiger partial charge >= 0.3 is 5.97 Å². The largest absolute Gasteiger partial charge is 0.491 e. The van der Waals surface area contributed by atoms with Gasteiger partial charge in [0.15, 0.2) is 0 Å². The number of carboxylic acid groups (broad SMARTS) is 1. The first-order chi connectivity index (χ1) is 8.22. The van der Waals surface area contributed by atoms with Gasteiger partial charge in [-0.15, -0.1) is 0 Å². The molecule has 0 unspecified atom stereocenters. The zero-order valence-electron chi connectivity index (χ0n) is 9.60. The van der Waals surface area contributed by atoms with E-state index in [2.05, 4.69) is 11.8 Å². The van der Waals surface area contributed by atoms with Crippen LogP contribution in [0.15, 0.2) is 24.3 Å². The molecule has 17 heavy (non-hydrogen) atoms. The van der Waals surface area contributed by atoms with E-state index in [-0.39, 0.29) is 6.42 Å². The SMILES string of the molecule is COCCOc1ccc(C#CCC(=O)O)cc1. The Labute approximate surface area is 100 Å². The molecular weight excluding hydrogens is 220 g/mol. The number of aliphatic carboxylic acids is 1. The van der Waals surface area contributed by atoms with Crippen LogP contribution in [0, 0.1) is 11.8 Å². The average molecular weight is 234 g/mol. The van der Waals surface area contributed by atoms with Crippen LogP contribution in [0.25, 0.3) is 0 Å². The van der Waals surface area contributed by atoms with Crippen molar-refractivity contribution in [1.29, 1.82) is 0 Å². The van der Waals surface area contributed by atoms with Crippen molar-refractivity contribution in [2.45, 2.75) is 6.42 Å². The number of carbonyl (C=O) groups is 1. The smallest absolute Gasteiger partial charge is 0.315 e. The van der Waals surface area contributed by atoms with Crippen molar-refractivity contribution < 1.29 is 19.4 Å². The minimum absolute atomic E-state index is 0.147. The van der Waals surface area contributed by atoms with E-state index in [1.807, 2.05) is 0 Å². The highest BCUT2D eigenvalue weighted by Crippen LogP contribution is 2.11. The normalized spacial score (nSPS) is 9.24. The fourth-order valence-electron chi connectivity index (χ4n) is 1.10. The first kappa shape index (κ1) is 13.1. The van der Waals surface area contributed by atoms with Gasteiger partial charge in [-0.05, 0) is 24.3 Å². The second-order valence-corrected chi connectivity index (χ2v) is 3.24. The Morgan fingerprint density at radius 3 is 2.59 bits per heavy atom. The summed E-state index contributed by atoms with van der Waals surface area (Å²) in [5.74, 6) is 5.14. The maximum absolute atomic E-state index is 10.3. The van der Waals surface area contributed by atoms with Gasteiger partial charge in [0.2, 0.25) is 0 Å². The van der Waals surface area contributed by atoms with Crippen molar-refractivity contribution >= 4 is 5.97 Å². The molecule has 1 rings (SSSR count). The average Bonchev–Trinajstić information content (AvgIpc) is 2.31. The second-order valence-electron chi connectivity index (χ2n) is 3.24. The predicted octanol–water partition coefficient (Wildman–Crippen LogP) is 1.54. The molecule has 0 saturated carbocycles. The lowest BCUT2D eigenvalue weighted by Crippen LogP contribution is -2.03. The summed E-state index contributed by atoms with van der Waals surface area (Å²) in [5, 5.41) is 8.42. The lowest BCUT2D eigenvalue weighted by molar-refractivity contribution is -0.135. The van der Waals surface area contributed by atoms with Gasteiger partial charge in [0.05, 0.1) is 6.61 Å². The van der Waals surface area contributed by atoms with E-state index in [9.17, 15) is 4.79 Å². The van der Waals surface area contributed by atoms with Gasteiger partial charge in [0, 0.05) is 12.7 Å². The summed E-state index contributed by atoms with van der Waals surface area (Å²) in [5.41, 5.74) is 0.769. The maximum atomic E-state index is 10.3. The van der Waals surface area contributed by atoms with Crippen LogP contribution in [-0.4, -0.2) is 31.4 Å². The van der Waals surface area contributed by atoms with Crippen LogP contribution in [0.4, 0.5) is 0 Å². The Morgan fingerprint density at radius 2 is 2.00 bits per heavy atom.